The molecular weight excluding hydrogens is 218 g/mol. The van der Waals surface area contributed by atoms with Crippen LogP contribution in [0, 0.1) is 5.92 Å². The second-order valence-corrected chi connectivity index (χ2v) is 5.19. The zero-order valence-electron chi connectivity index (χ0n) is 10.4. The lowest BCUT2D eigenvalue weighted by Crippen LogP contribution is -2.33. The van der Waals surface area contributed by atoms with Gasteiger partial charge in [0.15, 0.2) is 5.78 Å². The van der Waals surface area contributed by atoms with Crippen LogP contribution in [0.4, 0.5) is 0 Å². The first-order chi connectivity index (χ1) is 7.67. The van der Waals surface area contributed by atoms with Crippen molar-refractivity contribution in [2.45, 2.75) is 27.2 Å². The SMILES string of the molecule is CCC(C)CN(CC)CC(=O)c1cccs1. The van der Waals surface area contributed by atoms with E-state index in [1.165, 1.54) is 17.8 Å². The van der Waals surface area contributed by atoms with Crippen LogP contribution in [-0.2, 0) is 0 Å². The van der Waals surface area contributed by atoms with Crippen LogP contribution in [0.5, 0.6) is 0 Å². The molecule has 1 heterocycles. The van der Waals surface area contributed by atoms with Crippen LogP contribution in [0.3, 0.4) is 0 Å². The van der Waals surface area contributed by atoms with Gasteiger partial charge in [0.05, 0.1) is 11.4 Å². The van der Waals surface area contributed by atoms with E-state index in [1.807, 2.05) is 17.5 Å². The van der Waals surface area contributed by atoms with E-state index in [0.717, 1.165) is 18.0 Å². The van der Waals surface area contributed by atoms with Crippen molar-refractivity contribution in [2.24, 2.45) is 5.92 Å². The van der Waals surface area contributed by atoms with Crippen molar-refractivity contribution in [2.75, 3.05) is 19.6 Å². The Kier molecular flexibility index (Phi) is 5.71. The highest BCUT2D eigenvalue weighted by Crippen LogP contribution is 2.11. The van der Waals surface area contributed by atoms with E-state index in [2.05, 4.69) is 25.7 Å². The van der Waals surface area contributed by atoms with Gasteiger partial charge in [0.1, 0.15) is 0 Å². The molecule has 0 aliphatic heterocycles. The summed E-state index contributed by atoms with van der Waals surface area (Å²) in [5, 5.41) is 1.96. The largest absolute Gasteiger partial charge is 0.296 e. The Morgan fingerprint density at radius 2 is 2.25 bits per heavy atom. The van der Waals surface area contributed by atoms with Gasteiger partial charge in [0, 0.05) is 6.54 Å². The molecule has 0 fully saturated rings. The third-order valence-electron chi connectivity index (χ3n) is 2.88. The molecule has 1 aromatic heterocycles. The van der Waals surface area contributed by atoms with E-state index >= 15 is 0 Å². The summed E-state index contributed by atoms with van der Waals surface area (Å²) in [7, 11) is 0. The summed E-state index contributed by atoms with van der Waals surface area (Å²) in [4.78, 5) is 15.0. The number of likely N-dealkylation sites (N-methyl/N-ethyl adjacent to an activating group) is 1. The van der Waals surface area contributed by atoms with Crippen molar-refractivity contribution in [3.8, 4) is 0 Å². The number of carbonyl (C=O) groups excluding carboxylic acids is 1. The van der Waals surface area contributed by atoms with Gasteiger partial charge in [-0.2, -0.15) is 0 Å². The normalized spacial score (nSPS) is 13.0. The van der Waals surface area contributed by atoms with E-state index in [-0.39, 0.29) is 5.78 Å². The number of rotatable bonds is 7. The van der Waals surface area contributed by atoms with Crippen LogP contribution in [0.25, 0.3) is 0 Å². The number of hydrogen-bond acceptors (Lipinski definition) is 3. The second kappa shape index (κ2) is 6.81. The van der Waals surface area contributed by atoms with Crippen LogP contribution in [0.2, 0.25) is 0 Å². The van der Waals surface area contributed by atoms with Gasteiger partial charge in [-0.15, -0.1) is 11.3 Å². The predicted molar refractivity (Wildman–Crippen MR) is 70.2 cm³/mol. The molecule has 0 bridgehead atoms. The number of ketones is 1. The smallest absolute Gasteiger partial charge is 0.186 e. The van der Waals surface area contributed by atoms with Crippen LogP contribution in [-0.4, -0.2) is 30.3 Å². The van der Waals surface area contributed by atoms with Crippen LogP contribution in [0.15, 0.2) is 17.5 Å². The summed E-state index contributed by atoms with van der Waals surface area (Å²) in [5.41, 5.74) is 0. The molecule has 0 aromatic carbocycles. The minimum absolute atomic E-state index is 0.250. The van der Waals surface area contributed by atoms with E-state index < -0.39 is 0 Å². The molecule has 0 aliphatic rings. The quantitative estimate of drug-likeness (QED) is 0.680. The van der Waals surface area contributed by atoms with Crippen molar-refractivity contribution in [3.63, 3.8) is 0 Å². The van der Waals surface area contributed by atoms with Gasteiger partial charge in [-0.05, 0) is 23.9 Å². The average Bonchev–Trinajstić information content (AvgIpc) is 2.81. The maximum absolute atomic E-state index is 11.9. The summed E-state index contributed by atoms with van der Waals surface area (Å²) in [6.45, 7) is 9.06. The van der Waals surface area contributed by atoms with Gasteiger partial charge in [-0.1, -0.05) is 33.3 Å². The summed E-state index contributed by atoms with van der Waals surface area (Å²) in [5.74, 6) is 0.913. The molecular formula is C13H21NOS. The van der Waals surface area contributed by atoms with Crippen molar-refractivity contribution in [1.29, 1.82) is 0 Å². The number of thiophene rings is 1. The summed E-state index contributed by atoms with van der Waals surface area (Å²) in [6.07, 6.45) is 1.17. The fourth-order valence-corrected chi connectivity index (χ4v) is 2.25. The third-order valence-corrected chi connectivity index (χ3v) is 3.79. The highest BCUT2D eigenvalue weighted by molar-refractivity contribution is 7.12. The van der Waals surface area contributed by atoms with Gasteiger partial charge in [0.2, 0.25) is 0 Å². The summed E-state index contributed by atoms with van der Waals surface area (Å²) in [6, 6.07) is 3.84. The number of carbonyl (C=O) groups is 1. The van der Waals surface area contributed by atoms with E-state index in [0.29, 0.717) is 12.5 Å². The Morgan fingerprint density at radius 3 is 2.75 bits per heavy atom. The number of nitrogens with zero attached hydrogens (tertiary/aromatic N) is 1. The lowest BCUT2D eigenvalue weighted by Gasteiger charge is -2.22. The van der Waals surface area contributed by atoms with E-state index in [4.69, 9.17) is 0 Å². The maximum Gasteiger partial charge on any atom is 0.186 e. The zero-order valence-corrected chi connectivity index (χ0v) is 11.2. The molecule has 0 N–H and O–H groups in total. The van der Waals surface area contributed by atoms with E-state index in [9.17, 15) is 4.79 Å². The van der Waals surface area contributed by atoms with Crippen molar-refractivity contribution >= 4 is 17.1 Å². The molecule has 0 radical (unpaired) electrons. The predicted octanol–water partition coefficient (Wildman–Crippen LogP) is 3.30. The highest BCUT2D eigenvalue weighted by atomic mass is 32.1. The molecule has 2 nitrogen and oxygen atoms in total. The molecule has 3 heteroatoms. The first-order valence-electron chi connectivity index (χ1n) is 5.96. The van der Waals surface area contributed by atoms with E-state index in [1.54, 1.807) is 0 Å². The molecule has 16 heavy (non-hydrogen) atoms. The summed E-state index contributed by atoms with van der Waals surface area (Å²) >= 11 is 1.53. The van der Waals surface area contributed by atoms with Gasteiger partial charge in [-0.25, -0.2) is 0 Å². The van der Waals surface area contributed by atoms with Crippen molar-refractivity contribution < 1.29 is 4.79 Å². The van der Waals surface area contributed by atoms with Gasteiger partial charge >= 0.3 is 0 Å². The lowest BCUT2D eigenvalue weighted by atomic mass is 10.1. The Morgan fingerprint density at radius 1 is 1.50 bits per heavy atom. The molecule has 1 atom stereocenters. The lowest BCUT2D eigenvalue weighted by molar-refractivity contribution is 0.0928. The first kappa shape index (κ1) is 13.4. The highest BCUT2D eigenvalue weighted by Gasteiger charge is 2.13. The Hall–Kier alpha value is -0.670. The van der Waals surface area contributed by atoms with Crippen LogP contribution >= 0.6 is 11.3 Å². The van der Waals surface area contributed by atoms with Crippen molar-refractivity contribution in [1.82, 2.24) is 4.90 Å². The zero-order chi connectivity index (χ0) is 12.0. The second-order valence-electron chi connectivity index (χ2n) is 4.24. The summed E-state index contributed by atoms with van der Waals surface area (Å²) < 4.78 is 0. The Bertz CT molecular complexity index is 308. The maximum atomic E-state index is 11.9. The standard InChI is InChI=1S/C13H21NOS/c1-4-11(3)9-14(5-2)10-12(15)13-7-6-8-16-13/h6-8,11H,4-5,9-10H2,1-3H3. The molecule has 90 valence electrons. The fourth-order valence-electron chi connectivity index (χ4n) is 1.59. The van der Waals surface area contributed by atoms with Crippen LogP contribution < -0.4 is 0 Å². The number of hydrogen-bond donors (Lipinski definition) is 0. The van der Waals surface area contributed by atoms with Gasteiger partial charge in [-0.3, -0.25) is 9.69 Å². The third kappa shape index (κ3) is 4.06. The van der Waals surface area contributed by atoms with Crippen LogP contribution in [0.1, 0.15) is 36.9 Å². The van der Waals surface area contributed by atoms with Gasteiger partial charge in [0.25, 0.3) is 0 Å². The molecule has 0 aliphatic carbocycles. The topological polar surface area (TPSA) is 20.3 Å². The van der Waals surface area contributed by atoms with Crippen molar-refractivity contribution in [3.05, 3.63) is 22.4 Å². The Balaban J connectivity index is 2.47. The monoisotopic (exact) mass is 239 g/mol. The minimum Gasteiger partial charge on any atom is -0.296 e. The molecule has 0 amide bonds. The minimum atomic E-state index is 0.250. The number of Topliss-reactive ketones (excluding diaryl/α,β-unsaturated/α-hetero) is 1. The molecule has 0 spiro atoms. The van der Waals surface area contributed by atoms with Gasteiger partial charge < -0.3 is 0 Å². The fraction of sp³-hybridized carbons (Fsp3) is 0.615. The first-order valence-corrected chi connectivity index (χ1v) is 6.84. The molecule has 0 saturated heterocycles. The Labute approximate surface area is 102 Å². The molecule has 1 unspecified atom stereocenters. The molecule has 1 rings (SSSR count). The average molecular weight is 239 g/mol. The molecule has 1 aromatic rings. The molecule has 0 saturated carbocycles.